The van der Waals surface area contributed by atoms with Crippen molar-refractivity contribution in [1.29, 1.82) is 0 Å². The summed E-state index contributed by atoms with van der Waals surface area (Å²) in [6.45, 7) is 0.447. The van der Waals surface area contributed by atoms with Gasteiger partial charge in [-0.2, -0.15) is 0 Å². The molecule has 19 heavy (non-hydrogen) atoms. The summed E-state index contributed by atoms with van der Waals surface area (Å²) < 4.78 is 13.8. The Bertz CT molecular complexity index is 616. The van der Waals surface area contributed by atoms with Crippen LogP contribution in [0.4, 0.5) is 10.1 Å². The van der Waals surface area contributed by atoms with Crippen LogP contribution in [0.1, 0.15) is 11.1 Å². The van der Waals surface area contributed by atoms with Gasteiger partial charge in [0.15, 0.2) is 0 Å². The second-order valence-corrected chi connectivity index (χ2v) is 4.85. The maximum absolute atomic E-state index is 13.8. The van der Waals surface area contributed by atoms with Crippen LogP contribution in [-0.2, 0) is 6.54 Å². The molecule has 0 fully saturated rings. The largest absolute Gasteiger partial charge is 0.389 e. The van der Waals surface area contributed by atoms with E-state index >= 15 is 0 Å². The van der Waals surface area contributed by atoms with Gasteiger partial charge in [-0.05, 0) is 29.8 Å². The van der Waals surface area contributed by atoms with Crippen molar-refractivity contribution in [2.24, 2.45) is 5.73 Å². The molecule has 0 aliphatic heterocycles. The van der Waals surface area contributed by atoms with E-state index in [9.17, 15) is 4.39 Å². The highest BCUT2D eigenvalue weighted by Gasteiger charge is 2.06. The second-order valence-electron chi connectivity index (χ2n) is 4.00. The Kier molecular flexibility index (Phi) is 4.35. The fourth-order valence-corrected chi connectivity index (χ4v) is 1.97. The third-order valence-electron chi connectivity index (χ3n) is 2.68. The Balaban J connectivity index is 2.12. The molecule has 2 aromatic carbocycles. The van der Waals surface area contributed by atoms with Crippen LogP contribution in [0.3, 0.4) is 0 Å². The van der Waals surface area contributed by atoms with E-state index in [1.807, 2.05) is 18.2 Å². The van der Waals surface area contributed by atoms with Gasteiger partial charge in [0, 0.05) is 17.1 Å². The van der Waals surface area contributed by atoms with Crippen molar-refractivity contribution in [3.8, 4) is 0 Å². The molecule has 0 saturated carbocycles. The van der Waals surface area contributed by atoms with E-state index in [1.165, 1.54) is 6.07 Å². The van der Waals surface area contributed by atoms with Gasteiger partial charge < -0.3 is 11.1 Å². The standard InChI is InChI=1S/C14H12ClFN2S/c15-11-4-2-1-3-10(11)8-18-13-6-5-9(14(17)19)7-12(13)16/h1-7,18H,8H2,(H2,17,19). The quantitative estimate of drug-likeness (QED) is 0.844. The highest BCUT2D eigenvalue weighted by molar-refractivity contribution is 7.80. The van der Waals surface area contributed by atoms with E-state index in [1.54, 1.807) is 18.2 Å². The number of hydrogen-bond acceptors (Lipinski definition) is 2. The SMILES string of the molecule is NC(=S)c1ccc(NCc2ccccc2Cl)c(F)c1. The normalized spacial score (nSPS) is 10.2. The molecule has 2 aromatic rings. The number of nitrogens with one attached hydrogen (secondary N) is 1. The van der Waals surface area contributed by atoms with Crippen LogP contribution in [0.5, 0.6) is 0 Å². The van der Waals surface area contributed by atoms with Crippen molar-refractivity contribution in [1.82, 2.24) is 0 Å². The van der Waals surface area contributed by atoms with Crippen molar-refractivity contribution in [3.05, 3.63) is 64.4 Å². The van der Waals surface area contributed by atoms with Gasteiger partial charge in [0.2, 0.25) is 0 Å². The maximum atomic E-state index is 13.8. The topological polar surface area (TPSA) is 38.0 Å². The zero-order chi connectivity index (χ0) is 13.8. The van der Waals surface area contributed by atoms with E-state index in [4.69, 9.17) is 29.6 Å². The molecule has 0 unspecified atom stereocenters. The smallest absolute Gasteiger partial charge is 0.146 e. The fraction of sp³-hybridized carbons (Fsp3) is 0.0714. The molecule has 0 aliphatic carbocycles. The van der Waals surface area contributed by atoms with Crippen LogP contribution in [0, 0.1) is 5.82 Å². The minimum Gasteiger partial charge on any atom is -0.389 e. The van der Waals surface area contributed by atoms with Gasteiger partial charge in [0.25, 0.3) is 0 Å². The molecule has 0 amide bonds. The second kappa shape index (κ2) is 5.99. The lowest BCUT2D eigenvalue weighted by Gasteiger charge is -2.10. The average molecular weight is 295 g/mol. The molecule has 0 radical (unpaired) electrons. The number of nitrogens with two attached hydrogens (primary N) is 1. The van der Waals surface area contributed by atoms with Crippen molar-refractivity contribution in [2.45, 2.75) is 6.54 Å². The number of rotatable bonds is 4. The number of thiocarbonyl (C=S) groups is 1. The predicted octanol–water partition coefficient (Wildman–Crippen LogP) is 3.73. The maximum Gasteiger partial charge on any atom is 0.146 e. The van der Waals surface area contributed by atoms with Gasteiger partial charge in [-0.1, -0.05) is 42.0 Å². The molecule has 0 bridgehead atoms. The first-order valence-electron chi connectivity index (χ1n) is 5.64. The van der Waals surface area contributed by atoms with Gasteiger partial charge in [-0.25, -0.2) is 4.39 Å². The predicted molar refractivity (Wildman–Crippen MR) is 81.1 cm³/mol. The summed E-state index contributed by atoms with van der Waals surface area (Å²) in [6.07, 6.45) is 0. The number of halogens is 2. The summed E-state index contributed by atoms with van der Waals surface area (Å²) in [5, 5.41) is 3.64. The van der Waals surface area contributed by atoms with E-state index < -0.39 is 5.82 Å². The van der Waals surface area contributed by atoms with Crippen LogP contribution < -0.4 is 11.1 Å². The molecule has 3 N–H and O–H groups in total. The zero-order valence-corrected chi connectivity index (χ0v) is 11.6. The molecule has 98 valence electrons. The van der Waals surface area contributed by atoms with E-state index in [2.05, 4.69) is 5.32 Å². The van der Waals surface area contributed by atoms with Gasteiger partial charge in [-0.15, -0.1) is 0 Å². The molecule has 5 heteroatoms. The highest BCUT2D eigenvalue weighted by Crippen LogP contribution is 2.19. The Morgan fingerprint density at radius 2 is 2.00 bits per heavy atom. The summed E-state index contributed by atoms with van der Waals surface area (Å²) >= 11 is 10.8. The van der Waals surface area contributed by atoms with Gasteiger partial charge in [0.05, 0.1) is 5.69 Å². The molecule has 0 aliphatic rings. The van der Waals surface area contributed by atoms with Crippen molar-refractivity contribution in [3.63, 3.8) is 0 Å². The Morgan fingerprint density at radius 3 is 2.63 bits per heavy atom. The zero-order valence-electron chi connectivity index (χ0n) is 9.99. The average Bonchev–Trinajstić information content (AvgIpc) is 2.39. The lowest BCUT2D eigenvalue weighted by Crippen LogP contribution is -2.10. The summed E-state index contributed by atoms with van der Waals surface area (Å²) in [6, 6.07) is 12.0. The minimum atomic E-state index is -0.391. The van der Waals surface area contributed by atoms with E-state index in [0.29, 0.717) is 22.8 Å². The van der Waals surface area contributed by atoms with Crippen LogP contribution in [0.15, 0.2) is 42.5 Å². The first-order chi connectivity index (χ1) is 9.08. The van der Waals surface area contributed by atoms with Gasteiger partial charge >= 0.3 is 0 Å². The molecule has 0 heterocycles. The van der Waals surface area contributed by atoms with Crippen LogP contribution in [0.2, 0.25) is 5.02 Å². The van der Waals surface area contributed by atoms with Gasteiger partial charge in [-0.3, -0.25) is 0 Å². The summed E-state index contributed by atoms with van der Waals surface area (Å²) in [5.74, 6) is -0.391. The summed E-state index contributed by atoms with van der Waals surface area (Å²) in [7, 11) is 0. The lowest BCUT2D eigenvalue weighted by molar-refractivity contribution is 0.630. The third kappa shape index (κ3) is 3.43. The van der Waals surface area contributed by atoms with Crippen LogP contribution >= 0.6 is 23.8 Å². The van der Waals surface area contributed by atoms with Crippen molar-refractivity contribution >= 4 is 34.5 Å². The van der Waals surface area contributed by atoms with E-state index in [0.717, 1.165) is 5.56 Å². The number of benzene rings is 2. The Labute approximate surface area is 121 Å². The molecular formula is C14H12ClFN2S. The Hall–Kier alpha value is -1.65. The van der Waals surface area contributed by atoms with Crippen molar-refractivity contribution in [2.75, 3.05) is 5.32 Å². The van der Waals surface area contributed by atoms with Crippen LogP contribution in [0.25, 0.3) is 0 Å². The number of hydrogen-bond donors (Lipinski definition) is 2. The highest BCUT2D eigenvalue weighted by atomic mass is 35.5. The molecule has 2 nitrogen and oxygen atoms in total. The molecule has 0 aromatic heterocycles. The monoisotopic (exact) mass is 294 g/mol. The number of anilines is 1. The Morgan fingerprint density at radius 1 is 1.26 bits per heavy atom. The molecule has 0 saturated heterocycles. The van der Waals surface area contributed by atoms with Gasteiger partial charge in [0.1, 0.15) is 10.8 Å². The minimum absolute atomic E-state index is 0.177. The first kappa shape index (κ1) is 13.8. The fourth-order valence-electron chi connectivity index (χ4n) is 1.64. The first-order valence-corrected chi connectivity index (χ1v) is 6.43. The van der Waals surface area contributed by atoms with Crippen LogP contribution in [-0.4, -0.2) is 4.99 Å². The molecule has 2 rings (SSSR count). The molecule has 0 atom stereocenters. The summed E-state index contributed by atoms with van der Waals surface area (Å²) in [5.41, 5.74) is 7.25. The molecular weight excluding hydrogens is 283 g/mol. The molecule has 0 spiro atoms. The third-order valence-corrected chi connectivity index (χ3v) is 3.29. The van der Waals surface area contributed by atoms with E-state index in [-0.39, 0.29) is 4.99 Å². The lowest BCUT2D eigenvalue weighted by atomic mass is 10.2. The summed E-state index contributed by atoms with van der Waals surface area (Å²) in [4.78, 5) is 0.177. The van der Waals surface area contributed by atoms with Crippen molar-refractivity contribution < 1.29 is 4.39 Å².